The molecule has 3 nitrogen and oxygen atoms in total. The molecule has 0 N–H and O–H groups in total. The van der Waals surface area contributed by atoms with Gasteiger partial charge in [-0.2, -0.15) is 0 Å². The molecule has 0 saturated carbocycles. The maximum Gasteiger partial charge on any atom is 0.0980 e. The van der Waals surface area contributed by atoms with Crippen molar-refractivity contribution in [3.8, 4) is 22.6 Å². The summed E-state index contributed by atoms with van der Waals surface area (Å²) >= 11 is 0. The van der Waals surface area contributed by atoms with E-state index in [9.17, 15) is 0 Å². The van der Waals surface area contributed by atoms with E-state index in [0.29, 0.717) is 0 Å². The van der Waals surface area contributed by atoms with Gasteiger partial charge in [-0.1, -0.05) is 12.1 Å². The second-order valence-electron chi connectivity index (χ2n) is 3.83. The summed E-state index contributed by atoms with van der Waals surface area (Å²) in [6.45, 7) is 0. The van der Waals surface area contributed by atoms with Crippen molar-refractivity contribution >= 4 is 0 Å². The van der Waals surface area contributed by atoms with Crippen LogP contribution in [0.5, 0.6) is 0 Å². The molecule has 3 heterocycles. The molecule has 3 aromatic rings. The van der Waals surface area contributed by atoms with Gasteiger partial charge in [-0.15, -0.1) is 0 Å². The summed E-state index contributed by atoms with van der Waals surface area (Å²) in [7, 11) is 0. The summed E-state index contributed by atoms with van der Waals surface area (Å²) in [6, 6.07) is 15.6. The van der Waals surface area contributed by atoms with E-state index in [2.05, 4.69) is 15.0 Å². The lowest BCUT2D eigenvalue weighted by Gasteiger charge is -2.06. The molecule has 0 amide bonds. The summed E-state index contributed by atoms with van der Waals surface area (Å²) in [4.78, 5) is 13.1. The fourth-order valence-corrected chi connectivity index (χ4v) is 1.84. The van der Waals surface area contributed by atoms with Crippen molar-refractivity contribution in [1.29, 1.82) is 0 Å². The molecule has 86 valence electrons. The summed E-state index contributed by atoms with van der Waals surface area (Å²) in [6.07, 6.45) is 5.33. The number of pyridine rings is 3. The fraction of sp³-hybridized carbons (Fsp3) is 0. The minimum atomic E-state index is 0.858. The van der Waals surface area contributed by atoms with Crippen molar-refractivity contribution in [1.82, 2.24) is 15.0 Å². The van der Waals surface area contributed by atoms with Gasteiger partial charge in [0.1, 0.15) is 0 Å². The van der Waals surface area contributed by atoms with Crippen LogP contribution in [0.2, 0.25) is 0 Å². The lowest BCUT2D eigenvalue weighted by atomic mass is 10.1. The SMILES string of the molecule is c1ccc(-c2cccnc2-c2ccccn2)nc1. The monoisotopic (exact) mass is 233 g/mol. The molecule has 0 unspecified atom stereocenters. The van der Waals surface area contributed by atoms with Gasteiger partial charge in [-0.3, -0.25) is 15.0 Å². The number of hydrogen-bond acceptors (Lipinski definition) is 3. The molecular formula is C15H11N3. The molecule has 0 aliphatic heterocycles. The Labute approximate surface area is 105 Å². The summed E-state index contributed by atoms with van der Waals surface area (Å²) < 4.78 is 0. The first-order chi connectivity index (χ1) is 8.95. The van der Waals surface area contributed by atoms with Gasteiger partial charge in [0.2, 0.25) is 0 Å². The predicted molar refractivity (Wildman–Crippen MR) is 70.7 cm³/mol. The molecule has 0 spiro atoms. The summed E-state index contributed by atoms with van der Waals surface area (Å²) in [5.74, 6) is 0. The molecule has 0 aromatic carbocycles. The molecule has 0 fully saturated rings. The van der Waals surface area contributed by atoms with Crippen LogP contribution in [0.4, 0.5) is 0 Å². The van der Waals surface area contributed by atoms with Crippen LogP contribution in [0.25, 0.3) is 22.6 Å². The Balaban J connectivity index is 2.18. The van der Waals surface area contributed by atoms with E-state index in [4.69, 9.17) is 0 Å². The number of nitrogens with zero attached hydrogens (tertiary/aromatic N) is 3. The third-order valence-corrected chi connectivity index (χ3v) is 2.66. The van der Waals surface area contributed by atoms with Crippen LogP contribution in [-0.2, 0) is 0 Å². The standard InChI is InChI=1S/C15H11N3/c1-3-9-16-13(7-1)12-6-5-11-18-15(12)14-8-2-4-10-17-14/h1-11H. The maximum absolute atomic E-state index is 4.42. The number of aromatic nitrogens is 3. The molecule has 3 aromatic heterocycles. The molecule has 3 rings (SSSR count). The highest BCUT2D eigenvalue weighted by atomic mass is 14.8. The molecule has 0 atom stereocenters. The van der Waals surface area contributed by atoms with Crippen LogP contribution in [0.1, 0.15) is 0 Å². The normalized spacial score (nSPS) is 10.2. The highest BCUT2D eigenvalue weighted by Crippen LogP contribution is 2.26. The second-order valence-corrected chi connectivity index (χ2v) is 3.83. The Bertz CT molecular complexity index is 578. The molecule has 0 saturated heterocycles. The lowest BCUT2D eigenvalue weighted by molar-refractivity contribution is 1.23. The third-order valence-electron chi connectivity index (χ3n) is 2.66. The molecule has 18 heavy (non-hydrogen) atoms. The average molecular weight is 233 g/mol. The van der Waals surface area contributed by atoms with Crippen LogP contribution in [0.15, 0.2) is 67.1 Å². The summed E-state index contributed by atoms with van der Waals surface area (Å²) in [5.41, 5.74) is 3.62. The van der Waals surface area contributed by atoms with Gasteiger partial charge in [0.15, 0.2) is 0 Å². The van der Waals surface area contributed by atoms with Gasteiger partial charge in [-0.25, -0.2) is 0 Å². The first kappa shape index (κ1) is 10.6. The quantitative estimate of drug-likeness (QED) is 0.682. The smallest absolute Gasteiger partial charge is 0.0980 e. The fourth-order valence-electron chi connectivity index (χ4n) is 1.84. The van der Waals surface area contributed by atoms with Crippen molar-refractivity contribution in [2.75, 3.05) is 0 Å². The van der Waals surface area contributed by atoms with Crippen molar-refractivity contribution in [3.05, 3.63) is 67.1 Å². The lowest BCUT2D eigenvalue weighted by Crippen LogP contribution is -1.92. The van der Waals surface area contributed by atoms with Gasteiger partial charge in [0, 0.05) is 24.2 Å². The van der Waals surface area contributed by atoms with Crippen LogP contribution in [0.3, 0.4) is 0 Å². The Kier molecular flexibility index (Phi) is 2.80. The van der Waals surface area contributed by atoms with Crippen molar-refractivity contribution in [2.24, 2.45) is 0 Å². The Morgan fingerprint density at radius 1 is 0.556 bits per heavy atom. The molecule has 0 aliphatic carbocycles. The first-order valence-corrected chi connectivity index (χ1v) is 5.73. The molecular weight excluding hydrogens is 222 g/mol. The predicted octanol–water partition coefficient (Wildman–Crippen LogP) is 3.21. The van der Waals surface area contributed by atoms with E-state index >= 15 is 0 Å². The third kappa shape index (κ3) is 1.98. The van der Waals surface area contributed by atoms with E-state index in [1.54, 1.807) is 18.6 Å². The Morgan fingerprint density at radius 3 is 1.89 bits per heavy atom. The minimum Gasteiger partial charge on any atom is -0.256 e. The van der Waals surface area contributed by atoms with E-state index < -0.39 is 0 Å². The average Bonchev–Trinajstić information content (AvgIpc) is 2.49. The van der Waals surface area contributed by atoms with Crippen LogP contribution in [0, 0.1) is 0 Å². The summed E-state index contributed by atoms with van der Waals surface area (Å²) in [5, 5.41) is 0. The molecule has 0 aliphatic rings. The maximum atomic E-state index is 4.42. The van der Waals surface area contributed by atoms with Gasteiger partial charge in [0.25, 0.3) is 0 Å². The van der Waals surface area contributed by atoms with E-state index in [1.165, 1.54) is 0 Å². The van der Waals surface area contributed by atoms with Crippen molar-refractivity contribution in [3.63, 3.8) is 0 Å². The van der Waals surface area contributed by atoms with Crippen molar-refractivity contribution < 1.29 is 0 Å². The zero-order valence-electron chi connectivity index (χ0n) is 9.69. The van der Waals surface area contributed by atoms with Crippen LogP contribution < -0.4 is 0 Å². The number of hydrogen-bond donors (Lipinski definition) is 0. The van der Waals surface area contributed by atoms with Gasteiger partial charge < -0.3 is 0 Å². The van der Waals surface area contributed by atoms with E-state index in [0.717, 1.165) is 22.6 Å². The molecule has 0 bridgehead atoms. The second kappa shape index (κ2) is 4.75. The molecule has 0 radical (unpaired) electrons. The molecule has 3 heteroatoms. The zero-order chi connectivity index (χ0) is 12.2. The largest absolute Gasteiger partial charge is 0.256 e. The number of rotatable bonds is 2. The van der Waals surface area contributed by atoms with E-state index in [-0.39, 0.29) is 0 Å². The van der Waals surface area contributed by atoms with Crippen molar-refractivity contribution in [2.45, 2.75) is 0 Å². The van der Waals surface area contributed by atoms with Gasteiger partial charge >= 0.3 is 0 Å². The van der Waals surface area contributed by atoms with Gasteiger partial charge in [0.05, 0.1) is 17.1 Å². The highest BCUT2D eigenvalue weighted by Gasteiger charge is 2.09. The van der Waals surface area contributed by atoms with Crippen LogP contribution >= 0.6 is 0 Å². The van der Waals surface area contributed by atoms with Crippen LogP contribution in [-0.4, -0.2) is 15.0 Å². The van der Waals surface area contributed by atoms with E-state index in [1.807, 2.05) is 48.5 Å². The Hall–Kier alpha value is -2.55. The Morgan fingerprint density at radius 2 is 1.22 bits per heavy atom. The first-order valence-electron chi connectivity index (χ1n) is 5.73. The highest BCUT2D eigenvalue weighted by molar-refractivity contribution is 5.76. The topological polar surface area (TPSA) is 38.7 Å². The minimum absolute atomic E-state index is 0.858. The zero-order valence-corrected chi connectivity index (χ0v) is 9.69. The van der Waals surface area contributed by atoms with Gasteiger partial charge in [-0.05, 0) is 36.4 Å².